The van der Waals surface area contributed by atoms with Crippen molar-refractivity contribution in [3.8, 4) is 6.01 Å². The zero-order valence-electron chi connectivity index (χ0n) is 8.69. The largest absolute Gasteiger partial charge is 0.462 e. The lowest BCUT2D eigenvalue weighted by Gasteiger charge is -2.14. The molecule has 0 radical (unpaired) electrons. The lowest BCUT2D eigenvalue weighted by atomic mass is 10.5. The molecule has 1 aromatic heterocycles. The Labute approximate surface area is 103 Å². The summed E-state index contributed by atoms with van der Waals surface area (Å²) in [6, 6.07) is 1.26. The van der Waals surface area contributed by atoms with Gasteiger partial charge in [0.2, 0.25) is 0 Å². The normalized spacial score (nSPS) is 15.7. The molecule has 0 bridgehead atoms. The van der Waals surface area contributed by atoms with Crippen LogP contribution in [0.15, 0.2) is 12.4 Å². The van der Waals surface area contributed by atoms with Gasteiger partial charge in [-0.05, 0) is 42.5 Å². The van der Waals surface area contributed by atoms with Gasteiger partial charge in [0, 0.05) is 28.6 Å². The SMILES string of the molecule is CN(CCOc1ncc(I)cn1)C1CC1. The first-order chi connectivity index (χ1) is 7.25. The van der Waals surface area contributed by atoms with Gasteiger partial charge in [0.15, 0.2) is 0 Å². The minimum absolute atomic E-state index is 0.472. The second kappa shape index (κ2) is 5.07. The average molecular weight is 319 g/mol. The quantitative estimate of drug-likeness (QED) is 0.772. The first-order valence-corrected chi connectivity index (χ1v) is 6.14. The number of halogens is 1. The van der Waals surface area contributed by atoms with E-state index in [0.29, 0.717) is 12.6 Å². The third-order valence-electron chi connectivity index (χ3n) is 2.44. The summed E-state index contributed by atoms with van der Waals surface area (Å²) in [5.74, 6) is 0. The molecule has 5 heteroatoms. The van der Waals surface area contributed by atoms with Gasteiger partial charge in [0.05, 0.1) is 0 Å². The van der Waals surface area contributed by atoms with Crippen molar-refractivity contribution in [1.82, 2.24) is 14.9 Å². The van der Waals surface area contributed by atoms with E-state index in [0.717, 1.165) is 16.2 Å². The molecule has 2 rings (SSSR count). The summed E-state index contributed by atoms with van der Waals surface area (Å²) >= 11 is 2.17. The van der Waals surface area contributed by atoms with Crippen molar-refractivity contribution in [3.05, 3.63) is 16.0 Å². The first-order valence-electron chi connectivity index (χ1n) is 5.06. The van der Waals surface area contributed by atoms with Crippen LogP contribution in [0.4, 0.5) is 0 Å². The van der Waals surface area contributed by atoms with Crippen LogP contribution in [-0.2, 0) is 0 Å². The van der Waals surface area contributed by atoms with E-state index in [-0.39, 0.29) is 0 Å². The Hall–Kier alpha value is -0.430. The topological polar surface area (TPSA) is 38.2 Å². The van der Waals surface area contributed by atoms with Crippen LogP contribution in [0.3, 0.4) is 0 Å². The predicted octanol–water partition coefficient (Wildman–Crippen LogP) is 1.55. The third-order valence-corrected chi connectivity index (χ3v) is 3.00. The summed E-state index contributed by atoms with van der Waals surface area (Å²) in [6.07, 6.45) is 6.17. The molecule has 1 aliphatic rings. The van der Waals surface area contributed by atoms with Crippen LogP contribution in [0, 0.1) is 3.57 Å². The van der Waals surface area contributed by atoms with E-state index in [1.807, 2.05) is 0 Å². The van der Waals surface area contributed by atoms with Gasteiger partial charge in [-0.15, -0.1) is 0 Å². The Bertz CT molecular complexity index is 313. The van der Waals surface area contributed by atoms with Gasteiger partial charge < -0.3 is 9.64 Å². The van der Waals surface area contributed by atoms with Crippen molar-refractivity contribution < 1.29 is 4.74 Å². The fraction of sp³-hybridized carbons (Fsp3) is 0.600. The molecule has 1 heterocycles. The molecule has 4 nitrogen and oxygen atoms in total. The fourth-order valence-corrected chi connectivity index (χ4v) is 1.63. The first kappa shape index (κ1) is 11.1. The number of aromatic nitrogens is 2. The molecule has 1 fully saturated rings. The van der Waals surface area contributed by atoms with Gasteiger partial charge in [-0.2, -0.15) is 0 Å². The zero-order valence-corrected chi connectivity index (χ0v) is 10.8. The molecule has 0 N–H and O–H groups in total. The molecular formula is C10H14IN3O. The second-order valence-electron chi connectivity index (χ2n) is 3.74. The maximum atomic E-state index is 5.44. The molecule has 0 spiro atoms. The Kier molecular flexibility index (Phi) is 3.74. The van der Waals surface area contributed by atoms with E-state index in [9.17, 15) is 0 Å². The number of nitrogens with zero attached hydrogens (tertiary/aromatic N) is 3. The number of rotatable bonds is 5. The smallest absolute Gasteiger partial charge is 0.316 e. The van der Waals surface area contributed by atoms with Gasteiger partial charge in [0.25, 0.3) is 0 Å². The van der Waals surface area contributed by atoms with Crippen LogP contribution in [0.2, 0.25) is 0 Å². The monoisotopic (exact) mass is 319 g/mol. The fourth-order valence-electron chi connectivity index (χ4n) is 1.35. The molecule has 0 aliphatic heterocycles. The van der Waals surface area contributed by atoms with E-state index in [2.05, 4.69) is 44.5 Å². The molecule has 1 aromatic rings. The van der Waals surface area contributed by atoms with Gasteiger partial charge in [-0.25, -0.2) is 9.97 Å². The van der Waals surface area contributed by atoms with E-state index in [1.165, 1.54) is 12.8 Å². The summed E-state index contributed by atoms with van der Waals surface area (Å²) in [5, 5.41) is 0. The molecule has 0 saturated heterocycles. The maximum Gasteiger partial charge on any atom is 0.316 e. The standard InChI is InChI=1S/C10H14IN3O/c1-14(9-2-3-9)4-5-15-10-12-6-8(11)7-13-10/h6-7,9H,2-5H2,1H3. The van der Waals surface area contributed by atoms with Crippen LogP contribution < -0.4 is 4.74 Å². The van der Waals surface area contributed by atoms with E-state index in [4.69, 9.17) is 4.74 Å². The van der Waals surface area contributed by atoms with Gasteiger partial charge >= 0.3 is 6.01 Å². The number of ether oxygens (including phenoxy) is 1. The molecule has 0 unspecified atom stereocenters. The van der Waals surface area contributed by atoms with Gasteiger partial charge in [-0.3, -0.25) is 0 Å². The average Bonchev–Trinajstić information content (AvgIpc) is 3.04. The molecule has 0 amide bonds. The van der Waals surface area contributed by atoms with Crippen LogP contribution in [0.25, 0.3) is 0 Å². The summed E-state index contributed by atoms with van der Waals surface area (Å²) in [7, 11) is 2.13. The molecular weight excluding hydrogens is 305 g/mol. The van der Waals surface area contributed by atoms with Crippen LogP contribution >= 0.6 is 22.6 Å². The van der Waals surface area contributed by atoms with Crippen LogP contribution in [0.1, 0.15) is 12.8 Å². The van der Waals surface area contributed by atoms with Gasteiger partial charge in [-0.1, -0.05) is 0 Å². The second-order valence-corrected chi connectivity index (χ2v) is 4.99. The Morgan fingerprint density at radius 2 is 2.13 bits per heavy atom. The number of hydrogen-bond donors (Lipinski definition) is 0. The Balaban J connectivity index is 1.70. The highest BCUT2D eigenvalue weighted by Gasteiger charge is 2.25. The summed E-state index contributed by atoms with van der Waals surface area (Å²) < 4.78 is 6.47. The van der Waals surface area contributed by atoms with Crippen molar-refractivity contribution in [2.45, 2.75) is 18.9 Å². The van der Waals surface area contributed by atoms with Crippen LogP contribution in [-0.4, -0.2) is 41.1 Å². The number of hydrogen-bond acceptors (Lipinski definition) is 4. The van der Waals surface area contributed by atoms with Crippen LogP contribution in [0.5, 0.6) is 6.01 Å². The minimum Gasteiger partial charge on any atom is -0.462 e. The summed E-state index contributed by atoms with van der Waals surface area (Å²) in [4.78, 5) is 10.5. The van der Waals surface area contributed by atoms with Crippen molar-refractivity contribution in [2.75, 3.05) is 20.2 Å². The van der Waals surface area contributed by atoms with Crippen molar-refractivity contribution >= 4 is 22.6 Å². The van der Waals surface area contributed by atoms with E-state index in [1.54, 1.807) is 12.4 Å². The van der Waals surface area contributed by atoms with Crippen molar-refractivity contribution in [1.29, 1.82) is 0 Å². The maximum absolute atomic E-state index is 5.44. The molecule has 0 atom stereocenters. The molecule has 1 saturated carbocycles. The Morgan fingerprint density at radius 3 is 2.73 bits per heavy atom. The minimum atomic E-state index is 0.472. The molecule has 15 heavy (non-hydrogen) atoms. The third kappa shape index (κ3) is 3.57. The van der Waals surface area contributed by atoms with Crippen molar-refractivity contribution in [2.24, 2.45) is 0 Å². The number of likely N-dealkylation sites (N-methyl/N-ethyl adjacent to an activating group) is 1. The Morgan fingerprint density at radius 1 is 1.47 bits per heavy atom. The van der Waals surface area contributed by atoms with E-state index < -0.39 is 0 Å². The highest BCUT2D eigenvalue weighted by molar-refractivity contribution is 14.1. The molecule has 1 aliphatic carbocycles. The summed E-state index contributed by atoms with van der Waals surface area (Å²) in [5.41, 5.74) is 0. The van der Waals surface area contributed by atoms with E-state index >= 15 is 0 Å². The highest BCUT2D eigenvalue weighted by Crippen LogP contribution is 2.24. The lowest BCUT2D eigenvalue weighted by molar-refractivity contribution is 0.220. The predicted molar refractivity (Wildman–Crippen MR) is 65.9 cm³/mol. The summed E-state index contributed by atoms with van der Waals surface area (Å²) in [6.45, 7) is 1.60. The highest BCUT2D eigenvalue weighted by atomic mass is 127. The van der Waals surface area contributed by atoms with Gasteiger partial charge in [0.1, 0.15) is 6.61 Å². The zero-order chi connectivity index (χ0) is 10.7. The molecule has 82 valence electrons. The van der Waals surface area contributed by atoms with Crippen molar-refractivity contribution in [3.63, 3.8) is 0 Å². The lowest BCUT2D eigenvalue weighted by Crippen LogP contribution is -2.26. The molecule has 0 aromatic carbocycles.